The lowest BCUT2D eigenvalue weighted by Crippen LogP contribution is -1.96. The second-order valence-corrected chi connectivity index (χ2v) is 7.13. The van der Waals surface area contributed by atoms with E-state index >= 15 is 0 Å². The summed E-state index contributed by atoms with van der Waals surface area (Å²) in [5.41, 5.74) is 5.38. The fourth-order valence-electron chi connectivity index (χ4n) is 2.82. The van der Waals surface area contributed by atoms with Gasteiger partial charge in [0.1, 0.15) is 0 Å². The molecule has 2 heteroatoms. The highest BCUT2D eigenvalue weighted by atomic mass is 35.5. The van der Waals surface area contributed by atoms with Crippen molar-refractivity contribution in [3.05, 3.63) is 56.3 Å². The van der Waals surface area contributed by atoms with E-state index in [4.69, 9.17) is 11.6 Å². The van der Waals surface area contributed by atoms with E-state index in [1.165, 1.54) is 47.3 Å². The molecule has 1 aromatic carbocycles. The standard InChI is InChI=1S/C17H19ClS/c1-11-7-8-12(2)14(9-11)17(18)16-10-13-5-3-4-6-15(13)19-16/h7-10,17H,3-6H2,1-2H3. The second kappa shape index (κ2) is 5.30. The van der Waals surface area contributed by atoms with E-state index in [9.17, 15) is 0 Å². The van der Waals surface area contributed by atoms with E-state index in [0.717, 1.165) is 0 Å². The molecule has 100 valence electrons. The van der Waals surface area contributed by atoms with Gasteiger partial charge in [0.15, 0.2) is 0 Å². The molecular weight excluding hydrogens is 272 g/mol. The van der Waals surface area contributed by atoms with Crippen LogP contribution >= 0.6 is 22.9 Å². The number of benzene rings is 1. The van der Waals surface area contributed by atoms with Gasteiger partial charge in [-0.3, -0.25) is 0 Å². The van der Waals surface area contributed by atoms with Crippen molar-refractivity contribution in [1.29, 1.82) is 0 Å². The van der Waals surface area contributed by atoms with Gasteiger partial charge in [0.05, 0.1) is 5.38 Å². The SMILES string of the molecule is Cc1ccc(C)c(C(Cl)c2cc3c(s2)CCCC3)c1. The van der Waals surface area contributed by atoms with Crippen LogP contribution in [-0.4, -0.2) is 0 Å². The van der Waals surface area contributed by atoms with Crippen LogP contribution in [0.25, 0.3) is 0 Å². The fourth-order valence-corrected chi connectivity index (χ4v) is 4.51. The Morgan fingerprint density at radius 2 is 1.89 bits per heavy atom. The Kier molecular flexibility index (Phi) is 3.68. The normalized spacial score (nSPS) is 16.2. The van der Waals surface area contributed by atoms with Gasteiger partial charge in [0.2, 0.25) is 0 Å². The van der Waals surface area contributed by atoms with Gasteiger partial charge >= 0.3 is 0 Å². The van der Waals surface area contributed by atoms with Crippen LogP contribution in [0.1, 0.15) is 50.2 Å². The Balaban J connectivity index is 1.97. The molecule has 2 aromatic rings. The Hall–Kier alpha value is -0.790. The molecule has 1 heterocycles. The zero-order valence-electron chi connectivity index (χ0n) is 11.5. The first kappa shape index (κ1) is 13.2. The zero-order valence-corrected chi connectivity index (χ0v) is 13.1. The van der Waals surface area contributed by atoms with Crippen molar-refractivity contribution in [3.63, 3.8) is 0 Å². The van der Waals surface area contributed by atoms with Crippen molar-refractivity contribution in [2.75, 3.05) is 0 Å². The summed E-state index contributed by atoms with van der Waals surface area (Å²) in [6, 6.07) is 8.90. The van der Waals surface area contributed by atoms with Crippen LogP contribution in [0.3, 0.4) is 0 Å². The Morgan fingerprint density at radius 1 is 1.11 bits per heavy atom. The predicted molar refractivity (Wildman–Crippen MR) is 84.6 cm³/mol. The van der Waals surface area contributed by atoms with Crippen molar-refractivity contribution < 1.29 is 0 Å². The summed E-state index contributed by atoms with van der Waals surface area (Å²) in [6.45, 7) is 4.28. The molecule has 0 N–H and O–H groups in total. The monoisotopic (exact) mass is 290 g/mol. The molecule has 0 nitrogen and oxygen atoms in total. The summed E-state index contributed by atoms with van der Waals surface area (Å²) < 4.78 is 0. The van der Waals surface area contributed by atoms with Gasteiger partial charge < -0.3 is 0 Å². The summed E-state index contributed by atoms with van der Waals surface area (Å²) >= 11 is 8.66. The average molecular weight is 291 g/mol. The molecule has 0 amide bonds. The summed E-state index contributed by atoms with van der Waals surface area (Å²) in [7, 11) is 0. The second-order valence-electron chi connectivity index (χ2n) is 5.53. The minimum atomic E-state index is 0.00972. The number of fused-ring (bicyclic) bond motifs is 1. The predicted octanol–water partition coefficient (Wildman–Crippen LogP) is 5.57. The maximum atomic E-state index is 6.74. The van der Waals surface area contributed by atoms with Gasteiger partial charge in [-0.05, 0) is 62.3 Å². The van der Waals surface area contributed by atoms with Gasteiger partial charge in [0, 0.05) is 9.75 Å². The molecule has 19 heavy (non-hydrogen) atoms. The number of halogens is 1. The highest BCUT2D eigenvalue weighted by Gasteiger charge is 2.20. The van der Waals surface area contributed by atoms with Crippen LogP contribution in [0.15, 0.2) is 24.3 Å². The third-order valence-corrected chi connectivity index (χ3v) is 5.87. The molecule has 1 aromatic heterocycles. The fraction of sp³-hybridized carbons (Fsp3) is 0.412. The van der Waals surface area contributed by atoms with Crippen LogP contribution in [0.2, 0.25) is 0 Å². The number of rotatable bonds is 2. The lowest BCUT2D eigenvalue weighted by molar-refractivity contribution is 0.697. The number of alkyl halides is 1. The first-order valence-electron chi connectivity index (χ1n) is 6.98. The molecule has 0 radical (unpaired) electrons. The Morgan fingerprint density at radius 3 is 2.68 bits per heavy atom. The molecule has 0 bridgehead atoms. The smallest absolute Gasteiger partial charge is 0.0930 e. The molecule has 0 saturated carbocycles. The van der Waals surface area contributed by atoms with Crippen molar-refractivity contribution in [2.45, 2.75) is 44.9 Å². The Labute approximate surface area is 124 Å². The average Bonchev–Trinajstić information content (AvgIpc) is 2.84. The van der Waals surface area contributed by atoms with Gasteiger partial charge in [-0.25, -0.2) is 0 Å². The molecule has 1 aliphatic carbocycles. The lowest BCUT2D eigenvalue weighted by Gasteiger charge is -2.12. The van der Waals surface area contributed by atoms with Gasteiger partial charge in [0.25, 0.3) is 0 Å². The molecule has 3 rings (SSSR count). The van der Waals surface area contributed by atoms with Crippen molar-refractivity contribution in [1.82, 2.24) is 0 Å². The molecule has 0 saturated heterocycles. The van der Waals surface area contributed by atoms with E-state index in [2.05, 4.69) is 38.1 Å². The molecule has 1 atom stereocenters. The van der Waals surface area contributed by atoms with Crippen LogP contribution in [0.4, 0.5) is 0 Å². The number of hydrogen-bond donors (Lipinski definition) is 0. The van der Waals surface area contributed by atoms with Crippen LogP contribution in [0, 0.1) is 13.8 Å². The molecule has 0 aliphatic heterocycles. The number of thiophene rings is 1. The van der Waals surface area contributed by atoms with E-state index in [-0.39, 0.29) is 5.38 Å². The molecule has 0 spiro atoms. The number of hydrogen-bond acceptors (Lipinski definition) is 1. The minimum absolute atomic E-state index is 0.00972. The van der Waals surface area contributed by atoms with Crippen molar-refractivity contribution >= 4 is 22.9 Å². The summed E-state index contributed by atoms with van der Waals surface area (Å²) in [5.74, 6) is 0. The minimum Gasteiger partial charge on any atom is -0.143 e. The van der Waals surface area contributed by atoms with Gasteiger partial charge in [-0.1, -0.05) is 23.8 Å². The topological polar surface area (TPSA) is 0 Å². The van der Waals surface area contributed by atoms with Crippen LogP contribution in [-0.2, 0) is 12.8 Å². The van der Waals surface area contributed by atoms with E-state index in [0.29, 0.717) is 0 Å². The molecular formula is C17H19ClS. The summed E-state index contributed by atoms with van der Waals surface area (Å²) in [6.07, 6.45) is 5.15. The first-order valence-corrected chi connectivity index (χ1v) is 8.23. The zero-order chi connectivity index (χ0) is 13.4. The van der Waals surface area contributed by atoms with E-state index < -0.39 is 0 Å². The van der Waals surface area contributed by atoms with Gasteiger partial charge in [-0.2, -0.15) is 0 Å². The largest absolute Gasteiger partial charge is 0.143 e. The Bertz CT molecular complexity index is 574. The third-order valence-electron chi connectivity index (χ3n) is 3.97. The van der Waals surface area contributed by atoms with E-state index in [1.807, 2.05) is 11.3 Å². The quantitative estimate of drug-likeness (QED) is 0.634. The van der Waals surface area contributed by atoms with Crippen LogP contribution < -0.4 is 0 Å². The summed E-state index contributed by atoms with van der Waals surface area (Å²) in [5, 5.41) is 0.00972. The summed E-state index contributed by atoms with van der Waals surface area (Å²) in [4.78, 5) is 2.89. The number of aryl methyl sites for hydroxylation is 4. The highest BCUT2D eigenvalue weighted by Crippen LogP contribution is 2.39. The molecule has 1 aliphatic rings. The van der Waals surface area contributed by atoms with E-state index in [1.54, 1.807) is 10.4 Å². The highest BCUT2D eigenvalue weighted by molar-refractivity contribution is 7.12. The van der Waals surface area contributed by atoms with Crippen LogP contribution in [0.5, 0.6) is 0 Å². The molecule has 0 fully saturated rings. The van der Waals surface area contributed by atoms with Gasteiger partial charge in [-0.15, -0.1) is 22.9 Å². The maximum absolute atomic E-state index is 6.74. The first-order chi connectivity index (χ1) is 9.15. The van der Waals surface area contributed by atoms with Crippen molar-refractivity contribution in [3.8, 4) is 0 Å². The maximum Gasteiger partial charge on any atom is 0.0930 e. The van der Waals surface area contributed by atoms with Crippen molar-refractivity contribution in [2.24, 2.45) is 0 Å². The molecule has 1 unspecified atom stereocenters. The lowest BCUT2D eigenvalue weighted by atomic mass is 9.97. The third kappa shape index (κ3) is 2.59.